The molecule has 142 valence electrons. The number of nitrogens with one attached hydrogen (secondary N) is 2. The Morgan fingerprint density at radius 3 is 2.96 bits per heavy atom. The molecule has 1 fully saturated rings. The zero-order chi connectivity index (χ0) is 18.9. The average Bonchev–Trinajstić information content (AvgIpc) is 3.15. The Kier molecular flexibility index (Phi) is 7.95. The minimum atomic E-state index is -0.820. The molecule has 1 aliphatic heterocycles. The summed E-state index contributed by atoms with van der Waals surface area (Å²) >= 11 is 6.56. The van der Waals surface area contributed by atoms with Gasteiger partial charge in [0.05, 0.1) is 17.9 Å². The molecule has 1 atom stereocenters. The first-order chi connectivity index (χ1) is 12.5. The number of piperazine rings is 1. The highest BCUT2D eigenvalue weighted by molar-refractivity contribution is 7.80. The van der Waals surface area contributed by atoms with Gasteiger partial charge in [0.2, 0.25) is 5.91 Å². The highest BCUT2D eigenvalue weighted by Crippen LogP contribution is 2.12. The Balaban J connectivity index is 1.93. The first-order valence-electron chi connectivity index (χ1n) is 8.19. The molecule has 2 N–H and O–H groups in total. The van der Waals surface area contributed by atoms with Gasteiger partial charge in [-0.25, -0.2) is 0 Å². The van der Waals surface area contributed by atoms with Gasteiger partial charge in [0, 0.05) is 19.7 Å². The molecule has 10 heteroatoms. The van der Waals surface area contributed by atoms with Crippen molar-refractivity contribution in [1.29, 1.82) is 0 Å². The lowest BCUT2D eigenvalue weighted by Gasteiger charge is -2.36. The van der Waals surface area contributed by atoms with E-state index in [-0.39, 0.29) is 30.0 Å². The average molecular weight is 399 g/mol. The van der Waals surface area contributed by atoms with Crippen molar-refractivity contribution in [1.82, 2.24) is 15.5 Å². The van der Waals surface area contributed by atoms with E-state index in [0.29, 0.717) is 31.2 Å². The van der Waals surface area contributed by atoms with E-state index in [4.69, 9.17) is 21.7 Å². The molecular weight excluding hydrogens is 378 g/mol. The van der Waals surface area contributed by atoms with Crippen LogP contribution in [0.15, 0.2) is 17.5 Å². The van der Waals surface area contributed by atoms with Gasteiger partial charge >= 0.3 is 5.97 Å². The third-order valence-corrected chi connectivity index (χ3v) is 4.82. The lowest BCUT2D eigenvalue weighted by Crippen LogP contribution is -2.60. The van der Waals surface area contributed by atoms with E-state index < -0.39 is 12.0 Å². The summed E-state index contributed by atoms with van der Waals surface area (Å²) in [5.74, 6) is -1.19. The number of hydrogen-bond acceptors (Lipinski definition) is 7. The molecule has 1 aliphatic rings. The van der Waals surface area contributed by atoms with Crippen LogP contribution in [0.2, 0.25) is 0 Å². The standard InChI is InChI=1S/C16H21N3O5S2/c1-2-23-7-8-24-13(20)10-11-14(21)17-5-6-19(11)16(25)18-15(22)12-4-3-9-26-12/h3-4,9,11H,2,5-8,10H2,1H3,(H,17,21)(H,18,22,25). The van der Waals surface area contributed by atoms with Crippen molar-refractivity contribution in [3.05, 3.63) is 22.4 Å². The second-order valence-electron chi connectivity index (χ2n) is 5.36. The summed E-state index contributed by atoms with van der Waals surface area (Å²) in [6.45, 7) is 3.58. The van der Waals surface area contributed by atoms with Crippen LogP contribution in [0.3, 0.4) is 0 Å². The topological polar surface area (TPSA) is 97.0 Å². The van der Waals surface area contributed by atoms with Crippen LogP contribution in [-0.2, 0) is 19.1 Å². The van der Waals surface area contributed by atoms with Crippen LogP contribution in [0, 0.1) is 0 Å². The Morgan fingerprint density at radius 2 is 2.27 bits per heavy atom. The molecule has 1 aromatic rings. The van der Waals surface area contributed by atoms with Crippen molar-refractivity contribution < 1.29 is 23.9 Å². The number of carbonyl (C=O) groups excluding carboxylic acids is 3. The summed E-state index contributed by atoms with van der Waals surface area (Å²) < 4.78 is 10.2. The molecule has 1 aromatic heterocycles. The van der Waals surface area contributed by atoms with E-state index in [1.54, 1.807) is 22.4 Å². The van der Waals surface area contributed by atoms with Gasteiger partial charge in [0.1, 0.15) is 12.6 Å². The second-order valence-corrected chi connectivity index (χ2v) is 6.69. The van der Waals surface area contributed by atoms with E-state index in [0.717, 1.165) is 0 Å². The van der Waals surface area contributed by atoms with Gasteiger partial charge < -0.3 is 19.7 Å². The minimum absolute atomic E-state index is 0.116. The van der Waals surface area contributed by atoms with Crippen molar-refractivity contribution in [2.45, 2.75) is 19.4 Å². The first-order valence-corrected chi connectivity index (χ1v) is 9.48. The predicted molar refractivity (Wildman–Crippen MR) is 100.0 cm³/mol. The lowest BCUT2D eigenvalue weighted by atomic mass is 10.1. The van der Waals surface area contributed by atoms with Gasteiger partial charge in [-0.15, -0.1) is 11.3 Å². The van der Waals surface area contributed by atoms with Crippen LogP contribution in [0.5, 0.6) is 0 Å². The molecule has 0 spiro atoms. The number of ether oxygens (including phenoxy) is 2. The van der Waals surface area contributed by atoms with Crippen LogP contribution < -0.4 is 10.6 Å². The molecule has 1 unspecified atom stereocenters. The monoisotopic (exact) mass is 399 g/mol. The quantitative estimate of drug-likeness (QED) is 0.392. The fourth-order valence-electron chi connectivity index (χ4n) is 2.37. The summed E-state index contributed by atoms with van der Waals surface area (Å²) in [5.41, 5.74) is 0. The zero-order valence-corrected chi connectivity index (χ0v) is 16.0. The molecule has 1 saturated heterocycles. The number of rotatable bonds is 7. The molecular formula is C16H21N3O5S2. The SMILES string of the molecule is CCOCCOC(=O)CC1C(=O)NCCN1C(=S)NC(=O)c1cccs1. The van der Waals surface area contributed by atoms with Crippen molar-refractivity contribution in [2.75, 3.05) is 32.9 Å². The number of nitrogens with zero attached hydrogens (tertiary/aromatic N) is 1. The Hall–Kier alpha value is -2.04. The van der Waals surface area contributed by atoms with E-state index in [9.17, 15) is 14.4 Å². The van der Waals surface area contributed by atoms with Crippen LogP contribution in [0.1, 0.15) is 23.0 Å². The highest BCUT2D eigenvalue weighted by atomic mass is 32.1. The third kappa shape index (κ3) is 5.75. The summed E-state index contributed by atoms with van der Waals surface area (Å²) in [4.78, 5) is 38.4. The zero-order valence-electron chi connectivity index (χ0n) is 14.4. The van der Waals surface area contributed by atoms with E-state index in [2.05, 4.69) is 10.6 Å². The molecule has 2 rings (SSSR count). The Bertz CT molecular complexity index is 650. The smallest absolute Gasteiger partial charge is 0.308 e. The minimum Gasteiger partial charge on any atom is -0.463 e. The normalized spacial score (nSPS) is 16.7. The molecule has 0 radical (unpaired) electrons. The fourth-order valence-corrected chi connectivity index (χ4v) is 3.30. The van der Waals surface area contributed by atoms with E-state index in [1.807, 2.05) is 6.92 Å². The number of thiocarbonyl (C=S) groups is 1. The Morgan fingerprint density at radius 1 is 1.46 bits per heavy atom. The molecule has 0 aliphatic carbocycles. The van der Waals surface area contributed by atoms with Gasteiger partial charge in [-0.3, -0.25) is 19.7 Å². The highest BCUT2D eigenvalue weighted by Gasteiger charge is 2.34. The molecule has 2 amide bonds. The van der Waals surface area contributed by atoms with Crippen molar-refractivity contribution in [3.8, 4) is 0 Å². The molecule has 2 heterocycles. The van der Waals surface area contributed by atoms with E-state index >= 15 is 0 Å². The number of esters is 1. The number of carbonyl (C=O) groups is 3. The van der Waals surface area contributed by atoms with Gasteiger partial charge in [-0.2, -0.15) is 0 Å². The number of hydrogen-bond donors (Lipinski definition) is 2. The predicted octanol–water partition coefficient (Wildman–Crippen LogP) is 0.533. The van der Waals surface area contributed by atoms with Crippen LogP contribution >= 0.6 is 23.6 Å². The lowest BCUT2D eigenvalue weighted by molar-refractivity contribution is -0.148. The first kappa shape index (κ1) is 20.3. The van der Waals surface area contributed by atoms with Gasteiger partial charge in [-0.1, -0.05) is 6.07 Å². The number of amides is 2. The van der Waals surface area contributed by atoms with Crippen LogP contribution in [0.25, 0.3) is 0 Å². The Labute approximate surface area is 160 Å². The van der Waals surface area contributed by atoms with Crippen LogP contribution in [0.4, 0.5) is 0 Å². The largest absolute Gasteiger partial charge is 0.463 e. The molecule has 26 heavy (non-hydrogen) atoms. The summed E-state index contributed by atoms with van der Waals surface area (Å²) in [6, 6.07) is 2.62. The molecule has 0 aromatic carbocycles. The summed E-state index contributed by atoms with van der Waals surface area (Å²) in [7, 11) is 0. The van der Waals surface area contributed by atoms with Gasteiger partial charge in [-0.05, 0) is 30.6 Å². The maximum absolute atomic E-state index is 12.2. The maximum atomic E-state index is 12.2. The van der Waals surface area contributed by atoms with Crippen molar-refractivity contribution in [3.63, 3.8) is 0 Å². The van der Waals surface area contributed by atoms with Gasteiger partial charge in [0.15, 0.2) is 5.11 Å². The fraction of sp³-hybridized carbons (Fsp3) is 0.500. The summed E-state index contributed by atoms with van der Waals surface area (Å²) in [6.07, 6.45) is -0.160. The van der Waals surface area contributed by atoms with Crippen molar-refractivity contribution >= 4 is 46.5 Å². The second kappa shape index (κ2) is 10.2. The van der Waals surface area contributed by atoms with Gasteiger partial charge in [0.25, 0.3) is 5.91 Å². The molecule has 0 saturated carbocycles. The number of thiophene rings is 1. The molecule has 0 bridgehead atoms. The van der Waals surface area contributed by atoms with Crippen molar-refractivity contribution in [2.24, 2.45) is 0 Å². The maximum Gasteiger partial charge on any atom is 0.308 e. The molecule has 8 nitrogen and oxygen atoms in total. The third-order valence-electron chi connectivity index (χ3n) is 3.61. The van der Waals surface area contributed by atoms with Crippen LogP contribution in [-0.4, -0.2) is 66.7 Å². The van der Waals surface area contributed by atoms with E-state index in [1.165, 1.54) is 11.3 Å². The summed E-state index contributed by atoms with van der Waals surface area (Å²) in [5, 5.41) is 7.21.